The molecule has 1 unspecified atom stereocenters. The second-order valence-electron chi connectivity index (χ2n) is 4.28. The number of hydrogen-bond donors (Lipinski definition) is 1. The van der Waals surface area contributed by atoms with Gasteiger partial charge in [-0.3, -0.25) is 0 Å². The molecule has 1 atom stereocenters. The summed E-state index contributed by atoms with van der Waals surface area (Å²) in [5.41, 5.74) is 6.13. The van der Waals surface area contributed by atoms with Crippen molar-refractivity contribution >= 4 is 11.3 Å². The molecule has 15 heavy (non-hydrogen) atoms. The fourth-order valence-corrected chi connectivity index (χ4v) is 2.52. The summed E-state index contributed by atoms with van der Waals surface area (Å²) in [6.45, 7) is 4.49. The summed E-state index contributed by atoms with van der Waals surface area (Å²) >= 11 is 1.69. The summed E-state index contributed by atoms with van der Waals surface area (Å²) in [5, 5.41) is 2.04. The lowest BCUT2D eigenvalue weighted by molar-refractivity contribution is 0.405. The highest BCUT2D eigenvalue weighted by Gasteiger charge is 2.13. The summed E-state index contributed by atoms with van der Waals surface area (Å²) in [6, 6.07) is 2.13. The van der Waals surface area contributed by atoms with Crippen LogP contribution in [0, 0.1) is 5.92 Å². The van der Waals surface area contributed by atoms with Crippen molar-refractivity contribution in [1.82, 2.24) is 0 Å². The van der Waals surface area contributed by atoms with Gasteiger partial charge >= 0.3 is 0 Å². The number of nitrogens with two attached hydrogens (primary N) is 1. The summed E-state index contributed by atoms with van der Waals surface area (Å²) in [7, 11) is 1.70. The number of methoxy groups -OCH3 is 1. The third-order valence-corrected chi connectivity index (χ3v) is 3.54. The molecule has 2 nitrogen and oxygen atoms in total. The Balaban J connectivity index is 2.43. The highest BCUT2D eigenvalue weighted by Crippen LogP contribution is 2.32. The molecular weight excluding hydrogens is 206 g/mol. The normalized spacial score (nSPS) is 13.1. The zero-order valence-electron chi connectivity index (χ0n) is 9.82. The third kappa shape index (κ3) is 3.84. The maximum Gasteiger partial charge on any atom is 0.134 e. The highest BCUT2D eigenvalue weighted by atomic mass is 32.1. The average molecular weight is 227 g/mol. The number of hydrogen-bond acceptors (Lipinski definition) is 3. The van der Waals surface area contributed by atoms with Gasteiger partial charge in [-0.25, -0.2) is 0 Å². The lowest BCUT2D eigenvalue weighted by atomic mass is 10.0. The first kappa shape index (κ1) is 12.5. The monoisotopic (exact) mass is 227 g/mol. The van der Waals surface area contributed by atoms with E-state index in [0.29, 0.717) is 0 Å². The Labute approximate surface area is 96.4 Å². The van der Waals surface area contributed by atoms with Crippen molar-refractivity contribution in [1.29, 1.82) is 0 Å². The first-order chi connectivity index (χ1) is 7.15. The van der Waals surface area contributed by atoms with Crippen LogP contribution in [-0.2, 0) is 0 Å². The lowest BCUT2D eigenvalue weighted by Crippen LogP contribution is -2.09. The van der Waals surface area contributed by atoms with Crippen LogP contribution in [0.2, 0.25) is 0 Å². The van der Waals surface area contributed by atoms with Crippen LogP contribution in [0.25, 0.3) is 0 Å². The molecule has 0 aliphatic heterocycles. The fourth-order valence-electron chi connectivity index (χ4n) is 1.63. The van der Waals surface area contributed by atoms with Crippen LogP contribution in [0.5, 0.6) is 5.75 Å². The zero-order valence-corrected chi connectivity index (χ0v) is 10.6. The molecule has 1 rings (SSSR count). The van der Waals surface area contributed by atoms with Gasteiger partial charge in [0.2, 0.25) is 0 Å². The molecule has 0 spiro atoms. The van der Waals surface area contributed by atoms with Gasteiger partial charge in [0.1, 0.15) is 5.75 Å². The van der Waals surface area contributed by atoms with Crippen LogP contribution in [0.1, 0.15) is 44.0 Å². The van der Waals surface area contributed by atoms with Crippen LogP contribution in [-0.4, -0.2) is 7.11 Å². The Bertz CT molecular complexity index is 283. The molecule has 0 bridgehead atoms. The SMILES string of the molecule is COc1ccsc1C(N)CCCC(C)C. The quantitative estimate of drug-likeness (QED) is 0.806. The minimum atomic E-state index is 0.138. The molecule has 1 aromatic rings. The lowest BCUT2D eigenvalue weighted by Gasteiger charge is -2.12. The van der Waals surface area contributed by atoms with Crippen LogP contribution >= 0.6 is 11.3 Å². The molecule has 1 aromatic heterocycles. The van der Waals surface area contributed by atoms with E-state index in [9.17, 15) is 0 Å². The maximum atomic E-state index is 6.13. The average Bonchev–Trinajstić information content (AvgIpc) is 2.64. The van der Waals surface area contributed by atoms with Gasteiger partial charge in [0.15, 0.2) is 0 Å². The Morgan fingerprint density at radius 2 is 2.13 bits per heavy atom. The molecule has 1 heterocycles. The number of ether oxygens (including phenoxy) is 1. The number of thiophene rings is 1. The van der Waals surface area contributed by atoms with E-state index in [2.05, 4.69) is 13.8 Å². The first-order valence-electron chi connectivity index (χ1n) is 5.52. The van der Waals surface area contributed by atoms with Crippen molar-refractivity contribution in [3.8, 4) is 5.75 Å². The van der Waals surface area contributed by atoms with Gasteiger partial charge in [0.05, 0.1) is 12.0 Å². The van der Waals surface area contributed by atoms with Crippen LogP contribution in [0.4, 0.5) is 0 Å². The molecular formula is C12H21NOS. The highest BCUT2D eigenvalue weighted by molar-refractivity contribution is 7.10. The van der Waals surface area contributed by atoms with E-state index < -0.39 is 0 Å². The second-order valence-corrected chi connectivity index (χ2v) is 5.23. The molecule has 3 heteroatoms. The van der Waals surface area contributed by atoms with E-state index in [4.69, 9.17) is 10.5 Å². The van der Waals surface area contributed by atoms with Crippen LogP contribution < -0.4 is 10.5 Å². The standard InChI is InChI=1S/C12H21NOS/c1-9(2)5-4-6-10(13)12-11(14-3)7-8-15-12/h7-10H,4-6,13H2,1-3H3. The Hall–Kier alpha value is -0.540. The van der Waals surface area contributed by atoms with Crippen molar-refractivity contribution < 1.29 is 4.74 Å². The molecule has 0 aliphatic carbocycles. The van der Waals surface area contributed by atoms with E-state index >= 15 is 0 Å². The summed E-state index contributed by atoms with van der Waals surface area (Å²) in [6.07, 6.45) is 3.50. The van der Waals surface area contributed by atoms with Crippen molar-refractivity contribution in [3.05, 3.63) is 16.3 Å². The van der Waals surface area contributed by atoms with Crippen molar-refractivity contribution in [3.63, 3.8) is 0 Å². The molecule has 0 saturated heterocycles. The molecule has 0 radical (unpaired) electrons. The van der Waals surface area contributed by atoms with E-state index in [1.54, 1.807) is 18.4 Å². The van der Waals surface area contributed by atoms with Gasteiger partial charge in [0.25, 0.3) is 0 Å². The first-order valence-corrected chi connectivity index (χ1v) is 6.40. The Morgan fingerprint density at radius 1 is 1.40 bits per heavy atom. The zero-order chi connectivity index (χ0) is 11.3. The van der Waals surface area contributed by atoms with Gasteiger partial charge in [-0.05, 0) is 23.8 Å². The second kappa shape index (κ2) is 6.13. The molecule has 0 aromatic carbocycles. The third-order valence-electron chi connectivity index (χ3n) is 2.51. The largest absolute Gasteiger partial charge is 0.496 e. The molecule has 0 aliphatic rings. The van der Waals surface area contributed by atoms with E-state index in [1.807, 2.05) is 11.4 Å². The van der Waals surface area contributed by atoms with Gasteiger partial charge in [0, 0.05) is 6.04 Å². The van der Waals surface area contributed by atoms with Crippen molar-refractivity contribution in [2.24, 2.45) is 11.7 Å². The Kier molecular flexibility index (Phi) is 5.12. The van der Waals surface area contributed by atoms with Crippen LogP contribution in [0.15, 0.2) is 11.4 Å². The van der Waals surface area contributed by atoms with Gasteiger partial charge in [-0.15, -0.1) is 11.3 Å². The predicted octanol–water partition coefficient (Wildman–Crippen LogP) is 3.58. The molecule has 86 valence electrons. The van der Waals surface area contributed by atoms with E-state index in [0.717, 1.165) is 18.1 Å². The molecule has 2 N–H and O–H groups in total. The predicted molar refractivity (Wildman–Crippen MR) is 66.5 cm³/mol. The molecule has 0 amide bonds. The minimum Gasteiger partial charge on any atom is -0.496 e. The fraction of sp³-hybridized carbons (Fsp3) is 0.667. The Morgan fingerprint density at radius 3 is 2.73 bits per heavy atom. The van der Waals surface area contributed by atoms with Crippen molar-refractivity contribution in [2.45, 2.75) is 39.2 Å². The van der Waals surface area contributed by atoms with E-state index in [-0.39, 0.29) is 6.04 Å². The van der Waals surface area contributed by atoms with E-state index in [1.165, 1.54) is 17.7 Å². The van der Waals surface area contributed by atoms with Gasteiger partial charge in [-0.2, -0.15) is 0 Å². The topological polar surface area (TPSA) is 35.2 Å². The molecule has 0 fully saturated rings. The maximum absolute atomic E-state index is 6.13. The summed E-state index contributed by atoms with van der Waals surface area (Å²) in [5.74, 6) is 1.71. The van der Waals surface area contributed by atoms with Gasteiger partial charge < -0.3 is 10.5 Å². The molecule has 0 saturated carbocycles. The minimum absolute atomic E-state index is 0.138. The van der Waals surface area contributed by atoms with Crippen molar-refractivity contribution in [2.75, 3.05) is 7.11 Å². The number of rotatable bonds is 6. The summed E-state index contributed by atoms with van der Waals surface area (Å²) in [4.78, 5) is 1.18. The van der Waals surface area contributed by atoms with Crippen LogP contribution in [0.3, 0.4) is 0 Å². The summed E-state index contributed by atoms with van der Waals surface area (Å²) < 4.78 is 5.26. The van der Waals surface area contributed by atoms with Gasteiger partial charge in [-0.1, -0.05) is 26.7 Å². The smallest absolute Gasteiger partial charge is 0.134 e.